The summed E-state index contributed by atoms with van der Waals surface area (Å²) in [7, 11) is 1.73. The minimum atomic E-state index is -0.416. The first-order valence-corrected chi connectivity index (χ1v) is 5.92. The molecule has 19 heavy (non-hydrogen) atoms. The van der Waals surface area contributed by atoms with Crippen molar-refractivity contribution in [2.75, 3.05) is 12.4 Å². The van der Waals surface area contributed by atoms with Gasteiger partial charge in [-0.3, -0.25) is 5.41 Å². The van der Waals surface area contributed by atoms with Gasteiger partial charge >= 0.3 is 0 Å². The predicted molar refractivity (Wildman–Crippen MR) is 74.2 cm³/mol. The second kappa shape index (κ2) is 5.63. The van der Waals surface area contributed by atoms with Gasteiger partial charge in [-0.05, 0) is 23.8 Å². The number of halogens is 1. The Kier molecular flexibility index (Phi) is 3.92. The summed E-state index contributed by atoms with van der Waals surface area (Å²) in [6.07, 6.45) is 0. The number of rotatable bonds is 4. The van der Waals surface area contributed by atoms with Crippen molar-refractivity contribution in [3.63, 3.8) is 0 Å². The van der Waals surface area contributed by atoms with E-state index in [4.69, 9.17) is 10.5 Å². The number of anilines is 1. The molecule has 0 aliphatic carbocycles. The molecule has 0 radical (unpaired) electrons. The summed E-state index contributed by atoms with van der Waals surface area (Å²) in [5, 5.41) is 20.2. The number of benzene rings is 2. The van der Waals surface area contributed by atoms with Gasteiger partial charge in [0.05, 0.1) is 12.3 Å². The third-order valence-electron chi connectivity index (χ3n) is 2.95. The lowest BCUT2D eigenvalue weighted by atomic mass is 9.99. The summed E-state index contributed by atoms with van der Waals surface area (Å²) < 4.78 is 13.7. The third-order valence-corrected chi connectivity index (χ3v) is 2.95. The zero-order chi connectivity index (χ0) is 13.8. The molecule has 0 fully saturated rings. The highest BCUT2D eigenvalue weighted by Crippen LogP contribution is 2.22. The van der Waals surface area contributed by atoms with Crippen molar-refractivity contribution in [3.05, 3.63) is 65.0 Å². The van der Waals surface area contributed by atoms with Gasteiger partial charge in [-0.1, -0.05) is 24.3 Å². The number of hydrogen-bond acceptors (Lipinski definition) is 3. The highest BCUT2D eigenvalue weighted by atomic mass is 19.1. The van der Waals surface area contributed by atoms with Crippen LogP contribution in [0.25, 0.3) is 0 Å². The van der Waals surface area contributed by atoms with Crippen molar-refractivity contribution in [2.45, 2.75) is 6.61 Å². The van der Waals surface area contributed by atoms with E-state index in [0.29, 0.717) is 11.3 Å². The smallest absolute Gasteiger partial charge is 0.132 e. The minimum Gasteiger partial charge on any atom is -0.392 e. The van der Waals surface area contributed by atoms with Crippen LogP contribution in [-0.2, 0) is 6.61 Å². The van der Waals surface area contributed by atoms with Crippen LogP contribution in [0.5, 0.6) is 0 Å². The van der Waals surface area contributed by atoms with Crippen LogP contribution in [0, 0.1) is 11.2 Å². The molecule has 0 saturated heterocycles. The molecule has 3 N–H and O–H groups in total. The van der Waals surface area contributed by atoms with Crippen LogP contribution >= 0.6 is 0 Å². The monoisotopic (exact) mass is 258 g/mol. The lowest BCUT2D eigenvalue weighted by molar-refractivity contribution is 0.282. The second-order valence-corrected chi connectivity index (χ2v) is 4.14. The molecule has 0 amide bonds. The zero-order valence-corrected chi connectivity index (χ0v) is 10.6. The Balaban J connectivity index is 2.47. The van der Waals surface area contributed by atoms with E-state index in [2.05, 4.69) is 5.32 Å². The quantitative estimate of drug-likeness (QED) is 0.739. The average molecular weight is 258 g/mol. The Morgan fingerprint density at radius 2 is 1.95 bits per heavy atom. The largest absolute Gasteiger partial charge is 0.392 e. The van der Waals surface area contributed by atoms with E-state index >= 15 is 0 Å². The van der Waals surface area contributed by atoms with Crippen LogP contribution in [0.1, 0.15) is 16.7 Å². The van der Waals surface area contributed by atoms with Crippen LogP contribution in [0.3, 0.4) is 0 Å². The maximum atomic E-state index is 13.7. The maximum Gasteiger partial charge on any atom is 0.132 e. The van der Waals surface area contributed by atoms with Crippen LogP contribution in [0.4, 0.5) is 10.1 Å². The molecule has 0 aromatic heterocycles. The van der Waals surface area contributed by atoms with Crippen molar-refractivity contribution in [2.24, 2.45) is 0 Å². The summed E-state index contributed by atoms with van der Waals surface area (Å²) in [4.78, 5) is 0. The Hall–Kier alpha value is -2.20. The Labute approximate surface area is 111 Å². The van der Waals surface area contributed by atoms with E-state index in [0.717, 1.165) is 5.56 Å². The highest BCUT2D eigenvalue weighted by Gasteiger charge is 2.13. The number of aliphatic hydroxyl groups excluding tert-OH is 1. The number of hydrogen-bond donors (Lipinski definition) is 3. The molecule has 0 saturated carbocycles. The minimum absolute atomic E-state index is 0.0675. The second-order valence-electron chi connectivity index (χ2n) is 4.14. The Bertz CT molecular complexity index is 611. The fraction of sp³-hybridized carbons (Fsp3) is 0.133. The molecule has 0 unspecified atom stereocenters. The molecule has 0 aliphatic rings. The van der Waals surface area contributed by atoms with Gasteiger partial charge in [0.2, 0.25) is 0 Å². The SMILES string of the molecule is CNc1cc(CO)ccc1C(=N)c1ccccc1F. The van der Waals surface area contributed by atoms with Gasteiger partial charge in [-0.2, -0.15) is 0 Å². The van der Waals surface area contributed by atoms with Gasteiger partial charge in [-0.15, -0.1) is 0 Å². The van der Waals surface area contributed by atoms with Crippen molar-refractivity contribution < 1.29 is 9.50 Å². The normalized spacial score (nSPS) is 10.3. The van der Waals surface area contributed by atoms with E-state index in [1.54, 1.807) is 43.4 Å². The molecule has 4 heteroatoms. The molecule has 2 rings (SSSR count). The number of aliphatic hydroxyl groups is 1. The lowest BCUT2D eigenvalue weighted by Gasteiger charge is -2.12. The molecule has 0 spiro atoms. The number of nitrogens with one attached hydrogen (secondary N) is 2. The van der Waals surface area contributed by atoms with Gasteiger partial charge in [0.1, 0.15) is 5.82 Å². The predicted octanol–water partition coefficient (Wildman–Crippen LogP) is 2.78. The third kappa shape index (κ3) is 2.63. The topological polar surface area (TPSA) is 56.1 Å². The fourth-order valence-corrected chi connectivity index (χ4v) is 1.92. The molecule has 2 aromatic rings. The molecule has 0 atom stereocenters. The molecule has 3 nitrogen and oxygen atoms in total. The van der Waals surface area contributed by atoms with Crippen LogP contribution in [0.15, 0.2) is 42.5 Å². The summed E-state index contributed by atoms with van der Waals surface area (Å²) in [5.74, 6) is -0.416. The molecule has 0 heterocycles. The Morgan fingerprint density at radius 3 is 2.58 bits per heavy atom. The molecule has 0 bridgehead atoms. The lowest BCUT2D eigenvalue weighted by Crippen LogP contribution is -2.08. The van der Waals surface area contributed by atoms with Crippen molar-refractivity contribution in [1.29, 1.82) is 5.41 Å². The van der Waals surface area contributed by atoms with E-state index in [9.17, 15) is 4.39 Å². The van der Waals surface area contributed by atoms with E-state index in [1.807, 2.05) is 0 Å². The standard InChI is InChI=1S/C15H15FN2O/c1-18-14-8-10(9-19)6-7-12(14)15(17)11-4-2-3-5-13(11)16/h2-8,17-19H,9H2,1H3. The molecular formula is C15H15FN2O. The summed E-state index contributed by atoms with van der Waals surface area (Å²) >= 11 is 0. The maximum absolute atomic E-state index is 13.7. The van der Waals surface area contributed by atoms with Crippen molar-refractivity contribution in [1.82, 2.24) is 0 Å². The first-order chi connectivity index (χ1) is 9.17. The van der Waals surface area contributed by atoms with Gasteiger partial charge in [0.15, 0.2) is 0 Å². The van der Waals surface area contributed by atoms with Crippen molar-refractivity contribution >= 4 is 11.4 Å². The fourth-order valence-electron chi connectivity index (χ4n) is 1.92. The van der Waals surface area contributed by atoms with Crippen LogP contribution < -0.4 is 5.32 Å². The van der Waals surface area contributed by atoms with E-state index in [-0.39, 0.29) is 17.9 Å². The van der Waals surface area contributed by atoms with Crippen molar-refractivity contribution in [3.8, 4) is 0 Å². The highest BCUT2D eigenvalue weighted by molar-refractivity contribution is 6.14. The summed E-state index contributed by atoms with van der Waals surface area (Å²) in [6, 6.07) is 11.4. The molecular weight excluding hydrogens is 243 g/mol. The van der Waals surface area contributed by atoms with Gasteiger partial charge in [0, 0.05) is 23.9 Å². The van der Waals surface area contributed by atoms with Gasteiger partial charge in [-0.25, -0.2) is 4.39 Å². The average Bonchev–Trinajstić information content (AvgIpc) is 2.46. The van der Waals surface area contributed by atoms with Gasteiger partial charge < -0.3 is 10.4 Å². The van der Waals surface area contributed by atoms with Crippen LogP contribution in [-0.4, -0.2) is 17.9 Å². The van der Waals surface area contributed by atoms with Crippen LogP contribution in [0.2, 0.25) is 0 Å². The molecule has 98 valence electrons. The van der Waals surface area contributed by atoms with Gasteiger partial charge in [0.25, 0.3) is 0 Å². The van der Waals surface area contributed by atoms with E-state index in [1.165, 1.54) is 6.07 Å². The first kappa shape index (κ1) is 13.2. The Morgan fingerprint density at radius 1 is 1.21 bits per heavy atom. The molecule has 2 aromatic carbocycles. The summed E-state index contributed by atoms with van der Waals surface area (Å²) in [6.45, 7) is -0.0675. The van der Waals surface area contributed by atoms with E-state index < -0.39 is 5.82 Å². The first-order valence-electron chi connectivity index (χ1n) is 5.92. The molecule has 0 aliphatic heterocycles. The summed E-state index contributed by atoms with van der Waals surface area (Å²) in [5.41, 5.74) is 2.42. The zero-order valence-electron chi connectivity index (χ0n) is 10.6.